The van der Waals surface area contributed by atoms with Gasteiger partial charge in [-0.25, -0.2) is 4.57 Å². The number of phosphoric ester groups is 1. The molecule has 0 heterocycles. The Morgan fingerprint density at radius 3 is 1.12 bits per heavy atom. The molecule has 0 aliphatic carbocycles. The number of carbonyl (C=O) groups excluding carboxylic acids is 1. The molecule has 0 radical (unpaired) electrons. The summed E-state index contributed by atoms with van der Waals surface area (Å²) in [5, 5.41) is 13.8. The second-order valence-corrected chi connectivity index (χ2v) is 22.8. The molecule has 3 atom stereocenters. The summed E-state index contributed by atoms with van der Waals surface area (Å²) in [7, 11) is 1.59. The molecule has 0 fully saturated rings. The zero-order chi connectivity index (χ0) is 48.5. The molecule has 0 aromatic heterocycles. The monoisotopic (exact) mass is 956 g/mol. The number of aliphatic hydroxyl groups excluding tert-OH is 1. The van der Waals surface area contributed by atoms with Crippen LogP contribution in [0.25, 0.3) is 0 Å². The van der Waals surface area contributed by atoms with E-state index in [1.165, 1.54) is 238 Å². The van der Waals surface area contributed by atoms with Crippen LogP contribution in [0.5, 0.6) is 0 Å². The molecule has 1 amide bonds. The predicted octanol–water partition coefficient (Wildman–Crippen LogP) is 17.4. The van der Waals surface area contributed by atoms with Gasteiger partial charge in [-0.05, 0) is 19.3 Å². The number of hydrogen-bond donors (Lipinski definition) is 3. The quantitative estimate of drug-likeness (QED) is 0.0243. The summed E-state index contributed by atoms with van der Waals surface area (Å²) in [4.78, 5) is 23.2. The van der Waals surface area contributed by atoms with Crippen LogP contribution in [0.1, 0.15) is 296 Å². The van der Waals surface area contributed by atoms with Crippen LogP contribution >= 0.6 is 7.82 Å². The summed E-state index contributed by atoms with van der Waals surface area (Å²) in [5.74, 6) is -0.172. The van der Waals surface area contributed by atoms with Gasteiger partial charge in [0.25, 0.3) is 0 Å². The SMILES string of the molecule is CCCCCCCCCC/C=C/[C@@H](O)[C@H](COP(=O)(O)OCC[N+](C)(C)C)NC(=O)CCCCCCCCCCCCCCCCCCCCCCCCCCCCCCCCCCCC. The summed E-state index contributed by atoms with van der Waals surface area (Å²) in [5.41, 5.74) is 0. The Bertz CT molecular complexity index is 1080. The highest BCUT2D eigenvalue weighted by molar-refractivity contribution is 7.47. The first kappa shape index (κ1) is 65.2. The fraction of sp³-hybridized carbons (Fsp3) is 0.947. The Balaban J connectivity index is 3.86. The van der Waals surface area contributed by atoms with Gasteiger partial charge in [0.15, 0.2) is 0 Å². The molecule has 8 nitrogen and oxygen atoms in total. The number of unbranched alkanes of at least 4 members (excludes halogenated alkanes) is 41. The third kappa shape index (κ3) is 51.1. The molecule has 9 heteroatoms. The van der Waals surface area contributed by atoms with E-state index in [2.05, 4.69) is 19.2 Å². The molecular formula is C57H116N2O6P+. The van der Waals surface area contributed by atoms with Gasteiger partial charge in [0.05, 0.1) is 39.9 Å². The van der Waals surface area contributed by atoms with Gasteiger partial charge < -0.3 is 19.8 Å². The van der Waals surface area contributed by atoms with Crippen molar-refractivity contribution in [2.45, 2.75) is 309 Å². The maximum Gasteiger partial charge on any atom is 0.472 e. The van der Waals surface area contributed by atoms with E-state index in [9.17, 15) is 19.4 Å². The number of aliphatic hydroxyl groups is 1. The van der Waals surface area contributed by atoms with E-state index in [0.29, 0.717) is 17.4 Å². The van der Waals surface area contributed by atoms with Crippen LogP contribution in [0.4, 0.5) is 0 Å². The maximum absolute atomic E-state index is 12.9. The number of nitrogens with one attached hydrogen (secondary N) is 1. The number of carbonyl (C=O) groups is 1. The second-order valence-electron chi connectivity index (χ2n) is 21.4. The van der Waals surface area contributed by atoms with E-state index in [-0.39, 0.29) is 19.1 Å². The van der Waals surface area contributed by atoms with Gasteiger partial charge in [0.2, 0.25) is 5.91 Å². The molecular weight excluding hydrogens is 840 g/mol. The first-order chi connectivity index (χ1) is 32.0. The van der Waals surface area contributed by atoms with Crippen LogP contribution in [0.15, 0.2) is 12.2 Å². The Kier molecular flexibility index (Phi) is 48.7. The van der Waals surface area contributed by atoms with Crippen LogP contribution in [0, 0.1) is 0 Å². The number of hydrogen-bond acceptors (Lipinski definition) is 5. The Morgan fingerprint density at radius 1 is 0.500 bits per heavy atom. The van der Waals surface area contributed by atoms with E-state index >= 15 is 0 Å². The standard InChI is InChI=1S/C57H115N2O6P/c1-6-8-10-12-14-16-18-19-20-21-22-23-24-25-26-27-28-29-30-31-32-33-34-35-36-37-38-39-40-41-43-45-47-49-51-57(61)58-55(54-65-66(62,63)64-53-52-59(3,4)5)56(60)50-48-46-44-42-17-15-13-11-9-7-2/h48,50,55-56,60H,6-47,49,51-54H2,1-5H3,(H-,58,61,62,63)/p+1/b50-48+/t55-,56+/m0/s1. The van der Waals surface area contributed by atoms with Gasteiger partial charge in [-0.15, -0.1) is 0 Å². The van der Waals surface area contributed by atoms with Crippen molar-refractivity contribution in [3.63, 3.8) is 0 Å². The number of quaternary nitrogens is 1. The molecule has 0 aromatic rings. The Labute approximate surface area is 412 Å². The summed E-state index contributed by atoms with van der Waals surface area (Å²) >= 11 is 0. The molecule has 66 heavy (non-hydrogen) atoms. The van der Waals surface area contributed by atoms with E-state index in [1.807, 2.05) is 27.2 Å². The van der Waals surface area contributed by atoms with Gasteiger partial charge in [0, 0.05) is 6.42 Å². The lowest BCUT2D eigenvalue weighted by atomic mass is 10.0. The normalized spacial score (nSPS) is 14.0. The second kappa shape index (κ2) is 49.2. The summed E-state index contributed by atoms with van der Waals surface area (Å²) in [6.45, 7) is 4.83. The minimum absolute atomic E-state index is 0.0646. The van der Waals surface area contributed by atoms with Crippen molar-refractivity contribution in [1.29, 1.82) is 0 Å². The molecule has 0 aromatic carbocycles. The highest BCUT2D eigenvalue weighted by Gasteiger charge is 2.27. The van der Waals surface area contributed by atoms with Crippen molar-refractivity contribution >= 4 is 13.7 Å². The minimum atomic E-state index is -4.33. The van der Waals surface area contributed by atoms with Crippen molar-refractivity contribution in [2.75, 3.05) is 40.9 Å². The third-order valence-electron chi connectivity index (χ3n) is 13.5. The first-order valence-electron chi connectivity index (χ1n) is 29.1. The lowest BCUT2D eigenvalue weighted by Gasteiger charge is -2.25. The fourth-order valence-corrected chi connectivity index (χ4v) is 9.66. The topological polar surface area (TPSA) is 105 Å². The molecule has 1 unspecified atom stereocenters. The largest absolute Gasteiger partial charge is 0.472 e. The fourth-order valence-electron chi connectivity index (χ4n) is 8.93. The predicted molar refractivity (Wildman–Crippen MR) is 286 cm³/mol. The smallest absolute Gasteiger partial charge is 0.387 e. The van der Waals surface area contributed by atoms with Crippen LogP contribution < -0.4 is 5.32 Å². The summed E-state index contributed by atoms with van der Waals surface area (Å²) < 4.78 is 23.6. The molecule has 0 saturated heterocycles. The van der Waals surface area contributed by atoms with Gasteiger partial charge in [-0.2, -0.15) is 0 Å². The zero-order valence-corrected chi connectivity index (χ0v) is 45.9. The average molecular weight is 957 g/mol. The Hall–Kier alpha value is -0.760. The molecule has 3 N–H and O–H groups in total. The highest BCUT2D eigenvalue weighted by Crippen LogP contribution is 2.43. The lowest BCUT2D eigenvalue weighted by Crippen LogP contribution is -2.45. The molecule has 0 aliphatic heterocycles. The van der Waals surface area contributed by atoms with Crippen molar-refractivity contribution in [1.82, 2.24) is 5.32 Å². The molecule has 0 saturated carbocycles. The lowest BCUT2D eigenvalue weighted by molar-refractivity contribution is -0.870. The van der Waals surface area contributed by atoms with Crippen molar-refractivity contribution in [2.24, 2.45) is 0 Å². The maximum atomic E-state index is 12.9. The van der Waals surface area contributed by atoms with Crippen molar-refractivity contribution < 1.29 is 32.9 Å². The van der Waals surface area contributed by atoms with Crippen LogP contribution in [-0.2, 0) is 18.4 Å². The molecule has 0 bridgehead atoms. The molecule has 0 spiro atoms. The minimum Gasteiger partial charge on any atom is -0.387 e. The zero-order valence-electron chi connectivity index (χ0n) is 45.0. The Morgan fingerprint density at radius 2 is 0.803 bits per heavy atom. The van der Waals surface area contributed by atoms with E-state index in [0.717, 1.165) is 38.5 Å². The van der Waals surface area contributed by atoms with Gasteiger partial charge in [0.1, 0.15) is 13.2 Å². The van der Waals surface area contributed by atoms with Crippen molar-refractivity contribution in [3.8, 4) is 0 Å². The van der Waals surface area contributed by atoms with Crippen LogP contribution in [-0.4, -0.2) is 73.4 Å². The number of phosphoric acid groups is 1. The van der Waals surface area contributed by atoms with E-state index < -0.39 is 20.0 Å². The number of likely N-dealkylation sites (N-methyl/N-ethyl adjacent to an activating group) is 1. The number of rotatable bonds is 54. The average Bonchev–Trinajstić information content (AvgIpc) is 3.28. The van der Waals surface area contributed by atoms with Crippen LogP contribution in [0.2, 0.25) is 0 Å². The molecule has 394 valence electrons. The highest BCUT2D eigenvalue weighted by atomic mass is 31.2. The van der Waals surface area contributed by atoms with Gasteiger partial charge in [-0.1, -0.05) is 283 Å². The van der Waals surface area contributed by atoms with E-state index in [1.54, 1.807) is 6.08 Å². The van der Waals surface area contributed by atoms with Gasteiger partial charge in [-0.3, -0.25) is 13.8 Å². The number of allylic oxidation sites excluding steroid dienone is 1. The van der Waals surface area contributed by atoms with Crippen molar-refractivity contribution in [3.05, 3.63) is 12.2 Å². The summed E-state index contributed by atoms with van der Waals surface area (Å²) in [6.07, 6.45) is 60.6. The first-order valence-corrected chi connectivity index (χ1v) is 30.6. The molecule has 0 aliphatic rings. The number of nitrogens with zero attached hydrogens (tertiary/aromatic N) is 1. The van der Waals surface area contributed by atoms with E-state index in [4.69, 9.17) is 9.05 Å². The molecule has 0 rings (SSSR count). The summed E-state index contributed by atoms with van der Waals surface area (Å²) in [6, 6.07) is -0.840. The number of amides is 1. The van der Waals surface area contributed by atoms with Gasteiger partial charge >= 0.3 is 7.82 Å². The third-order valence-corrected chi connectivity index (χ3v) is 14.5. The van der Waals surface area contributed by atoms with Crippen LogP contribution in [0.3, 0.4) is 0 Å².